The van der Waals surface area contributed by atoms with Crippen LogP contribution in [0.1, 0.15) is 25.0 Å². The maximum absolute atomic E-state index is 6.50. The van der Waals surface area contributed by atoms with Crippen LogP contribution in [-0.4, -0.2) is 0 Å². The first-order valence-electron chi connectivity index (χ1n) is 21.2. The molecule has 0 spiro atoms. The van der Waals surface area contributed by atoms with E-state index in [1.807, 2.05) is 6.07 Å². The van der Waals surface area contributed by atoms with Crippen molar-refractivity contribution in [3.05, 3.63) is 223 Å². The highest BCUT2D eigenvalue weighted by Crippen LogP contribution is 2.53. The van der Waals surface area contributed by atoms with Gasteiger partial charge in [-0.15, -0.1) is 0 Å². The van der Waals surface area contributed by atoms with E-state index in [4.69, 9.17) is 4.42 Å². The molecule has 11 aromatic rings. The second-order valence-corrected chi connectivity index (χ2v) is 16.9. The largest absolute Gasteiger partial charge is 0.455 e. The summed E-state index contributed by atoms with van der Waals surface area (Å²) in [6, 6.07) is 77.4. The molecule has 1 heterocycles. The maximum Gasteiger partial charge on any atom is 0.143 e. The van der Waals surface area contributed by atoms with E-state index in [1.165, 1.54) is 71.6 Å². The Labute approximate surface area is 355 Å². The molecular weight excluding hydrogens is 739 g/mol. The van der Waals surface area contributed by atoms with Gasteiger partial charge in [0.05, 0.1) is 5.69 Å². The van der Waals surface area contributed by atoms with Crippen LogP contribution in [0.15, 0.2) is 217 Å². The first-order valence-corrected chi connectivity index (χ1v) is 21.2. The lowest BCUT2D eigenvalue weighted by Crippen LogP contribution is -2.17. The van der Waals surface area contributed by atoms with E-state index < -0.39 is 0 Å². The van der Waals surface area contributed by atoms with Crippen LogP contribution in [-0.2, 0) is 5.41 Å². The number of furan rings is 1. The summed E-state index contributed by atoms with van der Waals surface area (Å²) >= 11 is 0. The summed E-state index contributed by atoms with van der Waals surface area (Å²) in [6.07, 6.45) is 0. The number of rotatable bonds is 6. The smallest absolute Gasteiger partial charge is 0.143 e. The molecular formula is C59H41NO. The molecule has 0 unspecified atom stereocenters. The third-order valence-electron chi connectivity index (χ3n) is 13.1. The number of para-hydroxylation sites is 2. The average molecular weight is 780 g/mol. The molecule has 0 amide bonds. The number of fused-ring (bicyclic) bond motifs is 9. The van der Waals surface area contributed by atoms with Crippen LogP contribution in [0.2, 0.25) is 0 Å². The molecule has 10 aromatic carbocycles. The highest BCUT2D eigenvalue weighted by Gasteiger charge is 2.36. The van der Waals surface area contributed by atoms with E-state index in [0.29, 0.717) is 0 Å². The fraction of sp³-hybridized carbons (Fsp3) is 0.0508. The lowest BCUT2D eigenvalue weighted by atomic mass is 9.81. The van der Waals surface area contributed by atoms with Crippen LogP contribution in [0.3, 0.4) is 0 Å². The van der Waals surface area contributed by atoms with Gasteiger partial charge in [0.25, 0.3) is 0 Å². The van der Waals surface area contributed by atoms with Gasteiger partial charge in [0, 0.05) is 38.5 Å². The van der Waals surface area contributed by atoms with E-state index in [0.717, 1.165) is 44.6 Å². The van der Waals surface area contributed by atoms with Crippen LogP contribution < -0.4 is 4.90 Å². The topological polar surface area (TPSA) is 16.4 Å². The van der Waals surface area contributed by atoms with Gasteiger partial charge in [-0.2, -0.15) is 0 Å². The lowest BCUT2D eigenvalue weighted by Gasteiger charge is -2.29. The number of benzene rings is 10. The summed E-state index contributed by atoms with van der Waals surface area (Å²) in [6.45, 7) is 4.75. The summed E-state index contributed by atoms with van der Waals surface area (Å²) in [7, 11) is 0. The Bertz CT molecular complexity index is 3480. The third-order valence-corrected chi connectivity index (χ3v) is 13.1. The van der Waals surface area contributed by atoms with Crippen molar-refractivity contribution in [3.63, 3.8) is 0 Å². The van der Waals surface area contributed by atoms with Crippen LogP contribution >= 0.6 is 0 Å². The summed E-state index contributed by atoms with van der Waals surface area (Å²) < 4.78 is 6.50. The van der Waals surface area contributed by atoms with Crippen molar-refractivity contribution in [2.45, 2.75) is 19.3 Å². The molecule has 2 nitrogen and oxygen atoms in total. The van der Waals surface area contributed by atoms with Gasteiger partial charge in [0.2, 0.25) is 0 Å². The van der Waals surface area contributed by atoms with Crippen molar-refractivity contribution >= 4 is 60.5 Å². The van der Waals surface area contributed by atoms with Gasteiger partial charge < -0.3 is 9.32 Å². The third kappa shape index (κ3) is 5.64. The van der Waals surface area contributed by atoms with Gasteiger partial charge in [-0.3, -0.25) is 0 Å². The lowest BCUT2D eigenvalue weighted by molar-refractivity contribution is 0.660. The van der Waals surface area contributed by atoms with Crippen LogP contribution in [0.4, 0.5) is 17.1 Å². The normalized spacial score (nSPS) is 12.9. The van der Waals surface area contributed by atoms with Crippen molar-refractivity contribution < 1.29 is 4.42 Å². The number of hydrogen-bond donors (Lipinski definition) is 0. The summed E-state index contributed by atoms with van der Waals surface area (Å²) in [5, 5.41) is 7.24. The molecule has 0 aliphatic heterocycles. The van der Waals surface area contributed by atoms with E-state index >= 15 is 0 Å². The molecule has 2 heteroatoms. The first kappa shape index (κ1) is 35.3. The van der Waals surface area contributed by atoms with Gasteiger partial charge in [-0.25, -0.2) is 0 Å². The zero-order valence-corrected chi connectivity index (χ0v) is 34.1. The minimum atomic E-state index is -0.245. The van der Waals surface area contributed by atoms with Crippen LogP contribution in [0, 0.1) is 0 Å². The molecule has 0 N–H and O–H groups in total. The number of nitrogens with zero attached hydrogens (tertiary/aromatic N) is 1. The Morgan fingerprint density at radius 1 is 0.361 bits per heavy atom. The molecule has 61 heavy (non-hydrogen) atoms. The summed E-state index contributed by atoms with van der Waals surface area (Å²) in [5.74, 6) is 0. The summed E-state index contributed by atoms with van der Waals surface area (Å²) in [5.41, 5.74) is 17.4. The fourth-order valence-electron chi connectivity index (χ4n) is 9.94. The standard InChI is InChI=1S/C59H41NO/c1-59(2)54-35-43(47-20-12-21-53-52-19-10-11-22-57(52)61-58(47)53)29-33-49(54)50-34-32-45(37-55(50)59)60(56-36-42-15-6-7-16-46(42)48-17-8-9-18-51(48)56)44-30-27-41(28-31-44)40-25-23-39(24-26-40)38-13-4-3-5-14-38/h3-37H,1-2H3. The molecule has 1 aliphatic rings. The zero-order valence-electron chi connectivity index (χ0n) is 34.1. The predicted octanol–water partition coefficient (Wildman–Crippen LogP) is 16.7. The van der Waals surface area contributed by atoms with E-state index in [2.05, 4.69) is 225 Å². The Kier molecular flexibility index (Phi) is 7.92. The Hall–Kier alpha value is -7.68. The first-order chi connectivity index (χ1) is 30.0. The molecule has 0 radical (unpaired) electrons. The molecule has 0 saturated heterocycles. The van der Waals surface area contributed by atoms with Gasteiger partial charge in [0.1, 0.15) is 11.2 Å². The second-order valence-electron chi connectivity index (χ2n) is 16.9. The van der Waals surface area contributed by atoms with E-state index in [-0.39, 0.29) is 5.41 Å². The molecule has 0 atom stereocenters. The minimum absolute atomic E-state index is 0.245. The quantitative estimate of drug-likeness (QED) is 0.156. The zero-order chi connectivity index (χ0) is 40.7. The molecule has 1 aromatic heterocycles. The van der Waals surface area contributed by atoms with Gasteiger partial charge in [0.15, 0.2) is 0 Å². The van der Waals surface area contributed by atoms with Crippen molar-refractivity contribution in [1.82, 2.24) is 0 Å². The van der Waals surface area contributed by atoms with Crippen molar-refractivity contribution in [1.29, 1.82) is 0 Å². The van der Waals surface area contributed by atoms with Crippen molar-refractivity contribution in [3.8, 4) is 44.5 Å². The average Bonchev–Trinajstić information content (AvgIpc) is 3.81. The van der Waals surface area contributed by atoms with Crippen LogP contribution in [0.25, 0.3) is 88.0 Å². The van der Waals surface area contributed by atoms with Crippen LogP contribution in [0.5, 0.6) is 0 Å². The molecule has 0 bridgehead atoms. The fourth-order valence-corrected chi connectivity index (χ4v) is 9.94. The number of hydrogen-bond acceptors (Lipinski definition) is 2. The van der Waals surface area contributed by atoms with Crippen molar-refractivity contribution in [2.75, 3.05) is 4.90 Å². The van der Waals surface area contributed by atoms with Crippen molar-refractivity contribution in [2.24, 2.45) is 0 Å². The molecule has 0 fully saturated rings. The predicted molar refractivity (Wildman–Crippen MR) is 257 cm³/mol. The molecule has 12 rings (SSSR count). The molecule has 288 valence electrons. The Balaban J connectivity index is 0.980. The molecule has 1 aliphatic carbocycles. The highest BCUT2D eigenvalue weighted by atomic mass is 16.3. The number of anilines is 3. The van der Waals surface area contributed by atoms with E-state index in [9.17, 15) is 0 Å². The van der Waals surface area contributed by atoms with Gasteiger partial charge >= 0.3 is 0 Å². The monoisotopic (exact) mass is 779 g/mol. The summed E-state index contributed by atoms with van der Waals surface area (Å²) in [4.78, 5) is 2.46. The van der Waals surface area contributed by atoms with E-state index in [1.54, 1.807) is 0 Å². The minimum Gasteiger partial charge on any atom is -0.455 e. The van der Waals surface area contributed by atoms with Gasteiger partial charge in [-0.1, -0.05) is 184 Å². The molecule has 0 saturated carbocycles. The second kappa shape index (κ2) is 13.7. The Morgan fingerprint density at radius 2 is 0.902 bits per heavy atom. The Morgan fingerprint density at radius 3 is 1.66 bits per heavy atom. The maximum atomic E-state index is 6.50. The van der Waals surface area contributed by atoms with Gasteiger partial charge in [-0.05, 0) is 109 Å². The highest BCUT2D eigenvalue weighted by molar-refractivity contribution is 6.15. The SMILES string of the molecule is CC1(C)c2cc(-c3cccc4c3oc3ccccc34)ccc2-c2ccc(N(c3ccc(-c4ccc(-c5ccccc5)cc4)cc3)c3cc4ccccc4c4ccccc34)cc21.